The molecule has 1 aromatic heterocycles. The van der Waals surface area contributed by atoms with Crippen LogP contribution in [0.1, 0.15) is 23.3 Å². The molecule has 6 heteroatoms. The van der Waals surface area contributed by atoms with Crippen molar-refractivity contribution in [1.82, 2.24) is 4.98 Å². The molecule has 1 aliphatic rings. The van der Waals surface area contributed by atoms with Crippen molar-refractivity contribution >= 4 is 33.4 Å². The molecule has 1 fully saturated rings. The van der Waals surface area contributed by atoms with Gasteiger partial charge in [-0.15, -0.1) is 0 Å². The summed E-state index contributed by atoms with van der Waals surface area (Å²) < 4.78 is 11.4. The lowest BCUT2D eigenvalue weighted by molar-refractivity contribution is 0.0691. The highest BCUT2D eigenvalue weighted by atomic mass is 32.2. The van der Waals surface area contributed by atoms with E-state index in [1.165, 1.54) is 0 Å². The molecule has 0 unspecified atom stereocenters. The summed E-state index contributed by atoms with van der Waals surface area (Å²) in [4.78, 5) is 15.4. The van der Waals surface area contributed by atoms with E-state index in [4.69, 9.17) is 0 Å². The third-order valence-corrected chi connectivity index (χ3v) is 5.06. The van der Waals surface area contributed by atoms with Crippen molar-refractivity contribution in [3.05, 3.63) is 36.0 Å². The minimum atomic E-state index is -1.03. The molecule has 1 saturated heterocycles. The van der Waals surface area contributed by atoms with Crippen LogP contribution < -0.4 is 5.32 Å². The summed E-state index contributed by atoms with van der Waals surface area (Å²) in [7, 11) is -0.704. The van der Waals surface area contributed by atoms with Gasteiger partial charge < -0.3 is 10.4 Å². The molecule has 1 aromatic carbocycles. The maximum atomic E-state index is 11.4. The van der Waals surface area contributed by atoms with Gasteiger partial charge in [0.15, 0.2) is 5.69 Å². The van der Waals surface area contributed by atoms with Gasteiger partial charge in [0.25, 0.3) is 0 Å². The zero-order valence-corrected chi connectivity index (χ0v) is 12.2. The number of anilines is 1. The fourth-order valence-electron chi connectivity index (χ4n) is 2.56. The SMILES string of the molecule is O=C(O)c1cc(NC2CCS(=O)CC2)c2ccccc2n1. The van der Waals surface area contributed by atoms with Crippen molar-refractivity contribution in [3.63, 3.8) is 0 Å². The van der Waals surface area contributed by atoms with Gasteiger partial charge >= 0.3 is 5.97 Å². The van der Waals surface area contributed by atoms with Crippen LogP contribution in [0.15, 0.2) is 30.3 Å². The minimum absolute atomic E-state index is 0.0376. The zero-order valence-electron chi connectivity index (χ0n) is 11.4. The first kappa shape index (κ1) is 14.0. The number of pyridine rings is 1. The zero-order chi connectivity index (χ0) is 14.8. The monoisotopic (exact) mass is 304 g/mol. The third kappa shape index (κ3) is 3.05. The Morgan fingerprint density at radius 2 is 2.00 bits per heavy atom. The molecule has 2 aromatic rings. The second-order valence-electron chi connectivity index (χ2n) is 5.14. The number of nitrogens with one attached hydrogen (secondary N) is 1. The summed E-state index contributed by atoms with van der Waals surface area (Å²) in [5.74, 6) is 0.368. The van der Waals surface area contributed by atoms with Gasteiger partial charge in [-0.2, -0.15) is 0 Å². The average Bonchev–Trinajstić information content (AvgIpc) is 2.49. The number of hydrogen-bond donors (Lipinski definition) is 2. The standard InChI is InChI=1S/C15H16N2O3S/c18-15(19)14-9-13(11-3-1-2-4-12(11)17-14)16-10-5-7-21(20)8-6-10/h1-4,9-10H,5-8H2,(H,16,17)(H,18,19). The van der Waals surface area contributed by atoms with Gasteiger partial charge in [0.05, 0.1) is 5.52 Å². The van der Waals surface area contributed by atoms with E-state index in [0.717, 1.165) is 23.9 Å². The topological polar surface area (TPSA) is 79.3 Å². The Kier molecular flexibility index (Phi) is 3.88. The molecule has 5 nitrogen and oxygen atoms in total. The van der Waals surface area contributed by atoms with Gasteiger partial charge in [0.1, 0.15) is 0 Å². The lowest BCUT2D eigenvalue weighted by Gasteiger charge is -2.24. The quantitative estimate of drug-likeness (QED) is 0.909. The second kappa shape index (κ2) is 5.81. The highest BCUT2D eigenvalue weighted by Crippen LogP contribution is 2.25. The van der Waals surface area contributed by atoms with Gasteiger partial charge in [-0.3, -0.25) is 4.21 Å². The molecule has 110 valence electrons. The minimum Gasteiger partial charge on any atom is -0.477 e. The Labute approximate surface area is 124 Å². The summed E-state index contributed by atoms with van der Waals surface area (Å²) in [5.41, 5.74) is 1.49. The summed E-state index contributed by atoms with van der Waals surface area (Å²) >= 11 is 0. The summed E-state index contributed by atoms with van der Waals surface area (Å²) in [6, 6.07) is 9.30. The molecule has 3 rings (SSSR count). The fraction of sp³-hybridized carbons (Fsp3) is 0.333. The number of carboxylic acid groups (broad SMARTS) is 1. The van der Waals surface area contributed by atoms with E-state index in [0.29, 0.717) is 17.0 Å². The Morgan fingerprint density at radius 3 is 2.71 bits per heavy atom. The number of carboxylic acids is 1. The van der Waals surface area contributed by atoms with Gasteiger partial charge in [0, 0.05) is 39.4 Å². The van der Waals surface area contributed by atoms with Crippen LogP contribution in [0.5, 0.6) is 0 Å². The number of aromatic carboxylic acids is 1. The molecule has 0 spiro atoms. The molecule has 0 saturated carbocycles. The normalized spacial score (nSPS) is 22.1. The van der Waals surface area contributed by atoms with Crippen LogP contribution in [0.2, 0.25) is 0 Å². The molecule has 2 heterocycles. The van der Waals surface area contributed by atoms with Crippen LogP contribution in [0, 0.1) is 0 Å². The largest absolute Gasteiger partial charge is 0.477 e. The molecule has 0 aliphatic carbocycles. The van der Waals surface area contributed by atoms with E-state index in [1.54, 1.807) is 6.07 Å². The van der Waals surface area contributed by atoms with Gasteiger partial charge in [-0.05, 0) is 25.0 Å². The number of rotatable bonds is 3. The number of hydrogen-bond acceptors (Lipinski definition) is 4. The van der Waals surface area contributed by atoms with E-state index in [1.807, 2.05) is 24.3 Å². The Hall–Kier alpha value is -1.95. The molecule has 1 aliphatic heterocycles. The summed E-state index contributed by atoms with van der Waals surface area (Å²) in [5, 5.41) is 13.5. The summed E-state index contributed by atoms with van der Waals surface area (Å²) in [6.07, 6.45) is 1.68. The van der Waals surface area contributed by atoms with E-state index in [9.17, 15) is 14.1 Å². The van der Waals surface area contributed by atoms with E-state index in [2.05, 4.69) is 10.3 Å². The van der Waals surface area contributed by atoms with E-state index in [-0.39, 0.29) is 11.7 Å². The maximum absolute atomic E-state index is 11.4. The number of para-hydroxylation sites is 1. The number of fused-ring (bicyclic) bond motifs is 1. The highest BCUT2D eigenvalue weighted by Gasteiger charge is 2.19. The van der Waals surface area contributed by atoms with Crippen LogP contribution in [-0.4, -0.2) is 37.8 Å². The molecule has 2 N–H and O–H groups in total. The Bertz CT molecular complexity index is 707. The van der Waals surface area contributed by atoms with Gasteiger partial charge in [-0.1, -0.05) is 18.2 Å². The van der Waals surface area contributed by atoms with Crippen molar-refractivity contribution in [3.8, 4) is 0 Å². The number of nitrogens with zero attached hydrogens (tertiary/aromatic N) is 1. The number of carbonyl (C=O) groups is 1. The molecule has 21 heavy (non-hydrogen) atoms. The molecule has 0 bridgehead atoms. The van der Waals surface area contributed by atoms with Crippen molar-refractivity contribution in [2.75, 3.05) is 16.8 Å². The summed E-state index contributed by atoms with van der Waals surface area (Å²) in [6.45, 7) is 0. The molecule has 0 radical (unpaired) electrons. The van der Waals surface area contributed by atoms with Gasteiger partial charge in [0.2, 0.25) is 0 Å². The van der Waals surface area contributed by atoms with Crippen LogP contribution in [0.3, 0.4) is 0 Å². The first-order valence-corrected chi connectivity index (χ1v) is 8.37. The molecule has 0 amide bonds. The lowest BCUT2D eigenvalue weighted by atomic mass is 10.1. The van der Waals surface area contributed by atoms with Crippen molar-refractivity contribution < 1.29 is 14.1 Å². The second-order valence-corrected chi connectivity index (χ2v) is 6.84. The Morgan fingerprint density at radius 1 is 1.29 bits per heavy atom. The molecule has 0 atom stereocenters. The van der Waals surface area contributed by atoms with Crippen LogP contribution in [0.4, 0.5) is 5.69 Å². The van der Waals surface area contributed by atoms with Crippen molar-refractivity contribution in [2.45, 2.75) is 18.9 Å². The third-order valence-electron chi connectivity index (χ3n) is 3.68. The fourth-order valence-corrected chi connectivity index (χ4v) is 3.86. The van der Waals surface area contributed by atoms with Gasteiger partial charge in [-0.25, -0.2) is 9.78 Å². The maximum Gasteiger partial charge on any atom is 0.354 e. The molecular formula is C15H16N2O3S. The average molecular weight is 304 g/mol. The molecular weight excluding hydrogens is 288 g/mol. The van der Waals surface area contributed by atoms with Crippen LogP contribution in [0.25, 0.3) is 10.9 Å². The first-order chi connectivity index (χ1) is 10.1. The highest BCUT2D eigenvalue weighted by molar-refractivity contribution is 7.85. The van der Waals surface area contributed by atoms with Crippen LogP contribution >= 0.6 is 0 Å². The first-order valence-electron chi connectivity index (χ1n) is 6.88. The smallest absolute Gasteiger partial charge is 0.354 e. The lowest BCUT2D eigenvalue weighted by Crippen LogP contribution is -2.29. The van der Waals surface area contributed by atoms with Crippen LogP contribution in [-0.2, 0) is 10.8 Å². The number of benzene rings is 1. The number of aromatic nitrogens is 1. The van der Waals surface area contributed by atoms with Crippen molar-refractivity contribution in [1.29, 1.82) is 0 Å². The predicted octanol–water partition coefficient (Wildman–Crippen LogP) is 2.26. The van der Waals surface area contributed by atoms with E-state index < -0.39 is 16.8 Å². The Balaban J connectivity index is 1.96. The predicted molar refractivity (Wildman–Crippen MR) is 83.2 cm³/mol. The van der Waals surface area contributed by atoms with E-state index >= 15 is 0 Å². The van der Waals surface area contributed by atoms with Crippen molar-refractivity contribution in [2.24, 2.45) is 0 Å².